The molecule has 2 rings (SSSR count). The summed E-state index contributed by atoms with van der Waals surface area (Å²) in [6, 6.07) is 0.343. The van der Waals surface area contributed by atoms with Gasteiger partial charge in [0.05, 0.1) is 19.3 Å². The molecule has 2 fully saturated rings. The third kappa shape index (κ3) is 2.34. The van der Waals surface area contributed by atoms with Crippen molar-refractivity contribution in [1.82, 2.24) is 5.32 Å². The molecular weight excluding hydrogens is 178 g/mol. The Hall–Kier alpha value is -0.410. The van der Waals surface area contributed by atoms with Crippen LogP contribution in [0.4, 0.5) is 0 Å². The predicted molar refractivity (Wildman–Crippen MR) is 54.2 cm³/mol. The minimum absolute atomic E-state index is 0.0734. The van der Waals surface area contributed by atoms with Crippen molar-refractivity contribution in [3.8, 4) is 0 Å². The van der Waals surface area contributed by atoms with Crippen molar-refractivity contribution >= 4 is 6.29 Å². The molecule has 1 heterocycles. The van der Waals surface area contributed by atoms with Gasteiger partial charge in [-0.25, -0.2) is 0 Å². The first-order valence-electron chi connectivity index (χ1n) is 5.69. The minimum Gasteiger partial charge on any atom is -0.378 e. The monoisotopic (exact) mass is 197 g/mol. The predicted octanol–water partition coefficient (Wildman–Crippen LogP) is 1.12. The van der Waals surface area contributed by atoms with E-state index in [1.165, 1.54) is 32.1 Å². The lowest BCUT2D eigenvalue weighted by Crippen LogP contribution is -2.53. The molecule has 0 aromatic carbocycles. The first-order valence-corrected chi connectivity index (χ1v) is 5.69. The summed E-state index contributed by atoms with van der Waals surface area (Å²) in [6.45, 7) is 1.34. The van der Waals surface area contributed by atoms with E-state index >= 15 is 0 Å². The van der Waals surface area contributed by atoms with Gasteiger partial charge in [0.1, 0.15) is 6.29 Å². The van der Waals surface area contributed by atoms with Crippen LogP contribution in [-0.4, -0.2) is 31.6 Å². The van der Waals surface area contributed by atoms with Gasteiger partial charge in [-0.3, -0.25) is 0 Å². The van der Waals surface area contributed by atoms with E-state index < -0.39 is 0 Å². The molecule has 0 aromatic rings. The number of nitrogens with one attached hydrogen (secondary N) is 1. The highest BCUT2D eigenvalue weighted by Crippen LogP contribution is 2.27. The van der Waals surface area contributed by atoms with Gasteiger partial charge in [0, 0.05) is 6.04 Å². The number of carbonyl (C=O) groups excluding carboxylic acids is 1. The lowest BCUT2D eigenvalue weighted by atomic mass is 9.83. The van der Waals surface area contributed by atoms with Crippen molar-refractivity contribution in [2.75, 3.05) is 13.2 Å². The molecule has 1 aliphatic carbocycles. The molecular formula is C11H19NO2. The molecule has 3 heteroatoms. The largest absolute Gasteiger partial charge is 0.378 e. The van der Waals surface area contributed by atoms with Crippen molar-refractivity contribution in [2.24, 2.45) is 5.92 Å². The van der Waals surface area contributed by atoms with E-state index in [0.717, 1.165) is 18.8 Å². The first-order chi connectivity index (χ1) is 6.90. The average Bonchev–Trinajstić information content (AvgIpc) is 2.30. The van der Waals surface area contributed by atoms with Gasteiger partial charge >= 0.3 is 0 Å². The molecule has 2 unspecified atom stereocenters. The van der Waals surface area contributed by atoms with E-state index in [4.69, 9.17) is 4.74 Å². The topological polar surface area (TPSA) is 38.3 Å². The van der Waals surface area contributed by atoms with Crippen molar-refractivity contribution in [3.63, 3.8) is 0 Å². The van der Waals surface area contributed by atoms with Crippen LogP contribution in [0.3, 0.4) is 0 Å². The van der Waals surface area contributed by atoms with Gasteiger partial charge in [-0.1, -0.05) is 19.3 Å². The second kappa shape index (κ2) is 4.89. The van der Waals surface area contributed by atoms with Crippen molar-refractivity contribution in [3.05, 3.63) is 0 Å². The van der Waals surface area contributed by atoms with Crippen molar-refractivity contribution in [1.29, 1.82) is 0 Å². The molecule has 2 aliphatic rings. The Morgan fingerprint density at radius 2 is 1.93 bits per heavy atom. The maximum absolute atomic E-state index is 10.6. The zero-order valence-electron chi connectivity index (χ0n) is 8.58. The number of aldehydes is 1. The van der Waals surface area contributed by atoms with Gasteiger partial charge in [0.15, 0.2) is 0 Å². The van der Waals surface area contributed by atoms with Crippen molar-refractivity contribution in [2.45, 2.75) is 44.2 Å². The minimum atomic E-state index is -0.0734. The van der Waals surface area contributed by atoms with Gasteiger partial charge in [0.2, 0.25) is 0 Å². The molecule has 0 bridgehead atoms. The molecule has 0 amide bonds. The fourth-order valence-electron chi connectivity index (χ4n) is 2.58. The molecule has 1 N–H and O–H groups in total. The van der Waals surface area contributed by atoms with E-state index in [1.54, 1.807) is 0 Å². The van der Waals surface area contributed by atoms with Crippen LogP contribution in [0.1, 0.15) is 32.1 Å². The zero-order chi connectivity index (χ0) is 9.80. The van der Waals surface area contributed by atoms with Gasteiger partial charge in [0.25, 0.3) is 0 Å². The summed E-state index contributed by atoms with van der Waals surface area (Å²) in [5.41, 5.74) is 0. The van der Waals surface area contributed by atoms with Crippen LogP contribution in [0.2, 0.25) is 0 Å². The number of hydrogen-bond donors (Lipinski definition) is 1. The summed E-state index contributed by atoms with van der Waals surface area (Å²) in [6.07, 6.45) is 7.62. The van der Waals surface area contributed by atoms with Crippen LogP contribution in [0, 0.1) is 5.92 Å². The summed E-state index contributed by atoms with van der Waals surface area (Å²) in [4.78, 5) is 10.6. The maximum Gasteiger partial charge on any atom is 0.139 e. The molecule has 14 heavy (non-hydrogen) atoms. The Kier molecular flexibility index (Phi) is 3.54. The summed E-state index contributed by atoms with van der Waals surface area (Å²) in [7, 11) is 0. The Morgan fingerprint density at radius 3 is 2.64 bits per heavy atom. The molecule has 80 valence electrons. The van der Waals surface area contributed by atoms with E-state index in [2.05, 4.69) is 5.32 Å². The lowest BCUT2D eigenvalue weighted by Gasteiger charge is -2.35. The van der Waals surface area contributed by atoms with Crippen LogP contribution in [0.15, 0.2) is 0 Å². The van der Waals surface area contributed by atoms with Crippen LogP contribution in [-0.2, 0) is 9.53 Å². The number of rotatable bonds is 2. The van der Waals surface area contributed by atoms with E-state index in [1.807, 2.05) is 0 Å². The summed E-state index contributed by atoms with van der Waals surface area (Å²) in [5, 5.41) is 3.38. The smallest absolute Gasteiger partial charge is 0.139 e. The maximum atomic E-state index is 10.6. The van der Waals surface area contributed by atoms with Gasteiger partial charge < -0.3 is 14.8 Å². The van der Waals surface area contributed by atoms with Crippen LogP contribution in [0.5, 0.6) is 0 Å². The van der Waals surface area contributed by atoms with E-state index in [0.29, 0.717) is 12.6 Å². The third-order valence-electron chi connectivity index (χ3n) is 3.41. The van der Waals surface area contributed by atoms with E-state index in [-0.39, 0.29) is 6.04 Å². The molecule has 2 atom stereocenters. The number of carbonyl (C=O) groups is 1. The first kappa shape index (κ1) is 10.1. The Morgan fingerprint density at radius 1 is 1.14 bits per heavy atom. The number of morpholine rings is 1. The number of ether oxygens (including phenoxy) is 1. The average molecular weight is 197 g/mol. The Labute approximate surface area is 85.2 Å². The van der Waals surface area contributed by atoms with Gasteiger partial charge in [-0.05, 0) is 18.8 Å². The standard InChI is InChI=1S/C11H19NO2/c13-6-10-7-14-8-11(12-10)9-4-2-1-3-5-9/h6,9-12H,1-5,7-8H2. The Bertz CT molecular complexity index is 190. The highest BCUT2D eigenvalue weighted by molar-refractivity contribution is 5.57. The highest BCUT2D eigenvalue weighted by atomic mass is 16.5. The van der Waals surface area contributed by atoms with Crippen molar-refractivity contribution < 1.29 is 9.53 Å². The third-order valence-corrected chi connectivity index (χ3v) is 3.41. The summed E-state index contributed by atoms with van der Waals surface area (Å²) < 4.78 is 5.45. The van der Waals surface area contributed by atoms with Crippen LogP contribution in [0.25, 0.3) is 0 Å². The second-order valence-electron chi connectivity index (χ2n) is 4.45. The lowest BCUT2D eigenvalue weighted by molar-refractivity contribution is -0.113. The summed E-state index contributed by atoms with van der Waals surface area (Å²) in [5.74, 6) is 0.728. The quantitative estimate of drug-likeness (QED) is 0.674. The van der Waals surface area contributed by atoms with Crippen LogP contribution >= 0.6 is 0 Å². The molecule has 3 nitrogen and oxygen atoms in total. The normalized spacial score (nSPS) is 35.4. The molecule has 0 radical (unpaired) electrons. The fraction of sp³-hybridized carbons (Fsp3) is 0.909. The van der Waals surface area contributed by atoms with Gasteiger partial charge in [-0.2, -0.15) is 0 Å². The van der Waals surface area contributed by atoms with Crippen LogP contribution < -0.4 is 5.32 Å². The number of hydrogen-bond acceptors (Lipinski definition) is 3. The molecule has 1 saturated carbocycles. The molecule has 0 spiro atoms. The van der Waals surface area contributed by atoms with Gasteiger partial charge in [-0.15, -0.1) is 0 Å². The Balaban J connectivity index is 1.86. The molecule has 1 saturated heterocycles. The zero-order valence-corrected chi connectivity index (χ0v) is 8.58. The summed E-state index contributed by atoms with van der Waals surface area (Å²) >= 11 is 0. The SMILES string of the molecule is O=CC1COCC(C2CCCCC2)N1. The fourth-order valence-corrected chi connectivity index (χ4v) is 2.58. The highest BCUT2D eigenvalue weighted by Gasteiger charge is 2.28. The van der Waals surface area contributed by atoms with E-state index in [9.17, 15) is 4.79 Å². The second-order valence-corrected chi connectivity index (χ2v) is 4.45. The molecule has 1 aliphatic heterocycles. The molecule has 0 aromatic heterocycles.